The van der Waals surface area contributed by atoms with Gasteiger partial charge in [-0.3, -0.25) is 4.79 Å². The van der Waals surface area contributed by atoms with Gasteiger partial charge in [-0.15, -0.1) is 0 Å². The summed E-state index contributed by atoms with van der Waals surface area (Å²) in [6, 6.07) is -0.210. The Morgan fingerprint density at radius 2 is 1.86 bits per heavy atom. The molecule has 0 atom stereocenters. The molecule has 1 rings (SSSR count). The molecule has 21 heavy (non-hydrogen) atoms. The molecule has 6 heteroatoms. The Kier molecular flexibility index (Phi) is 6.01. The largest absolute Gasteiger partial charge is 0.481 e. The first-order valence-corrected chi connectivity index (χ1v) is 7.52. The number of hydrogen-bond donors (Lipinski definition) is 3. The molecular formula is C15H29N3O3. The molecule has 122 valence electrons. The summed E-state index contributed by atoms with van der Waals surface area (Å²) >= 11 is 0. The summed E-state index contributed by atoms with van der Waals surface area (Å²) in [5.74, 6) is -0.788. The fraction of sp³-hybridized carbons (Fsp3) is 0.867. The molecule has 0 aliphatic heterocycles. The number of carbonyl (C=O) groups is 2. The van der Waals surface area contributed by atoms with Crippen LogP contribution in [-0.2, 0) is 4.79 Å². The molecule has 0 unspecified atom stereocenters. The zero-order valence-corrected chi connectivity index (χ0v) is 13.7. The smallest absolute Gasteiger partial charge is 0.314 e. The quantitative estimate of drug-likeness (QED) is 0.634. The predicted octanol–water partition coefficient (Wildman–Crippen LogP) is 1.52. The van der Waals surface area contributed by atoms with Gasteiger partial charge in [-0.1, -0.05) is 20.3 Å². The Hall–Kier alpha value is -1.30. The number of carboxylic acids is 1. The van der Waals surface area contributed by atoms with E-state index in [4.69, 9.17) is 5.11 Å². The van der Waals surface area contributed by atoms with E-state index in [0.717, 1.165) is 25.8 Å². The maximum atomic E-state index is 11.9. The van der Waals surface area contributed by atoms with E-state index in [9.17, 15) is 9.59 Å². The van der Waals surface area contributed by atoms with E-state index in [-0.39, 0.29) is 23.3 Å². The summed E-state index contributed by atoms with van der Waals surface area (Å²) in [6.45, 7) is 6.12. The Morgan fingerprint density at radius 3 is 2.29 bits per heavy atom. The molecule has 0 spiro atoms. The molecule has 0 aromatic heterocycles. The van der Waals surface area contributed by atoms with Crippen molar-refractivity contribution < 1.29 is 14.7 Å². The summed E-state index contributed by atoms with van der Waals surface area (Å²) in [5.41, 5.74) is -0.238. The lowest BCUT2D eigenvalue weighted by Crippen LogP contribution is -2.49. The standard InChI is InChI=1S/C15H29N3O3/c1-14(2,11-18(3)4)9-16-13(21)17-10-15(6-5-7-15)8-12(19)20/h5-11H2,1-4H3,(H,19,20)(H2,16,17,21). The third-order valence-corrected chi connectivity index (χ3v) is 4.04. The van der Waals surface area contributed by atoms with Crippen LogP contribution in [0.15, 0.2) is 0 Å². The van der Waals surface area contributed by atoms with Crippen LogP contribution in [0.4, 0.5) is 4.79 Å². The first-order chi connectivity index (χ1) is 9.64. The highest BCUT2D eigenvalue weighted by Gasteiger charge is 2.39. The number of amides is 2. The minimum absolute atomic E-state index is 0.00391. The van der Waals surface area contributed by atoms with E-state index < -0.39 is 5.97 Å². The van der Waals surface area contributed by atoms with Crippen molar-refractivity contribution in [3.63, 3.8) is 0 Å². The number of carboxylic acid groups (broad SMARTS) is 1. The van der Waals surface area contributed by atoms with E-state index in [2.05, 4.69) is 29.4 Å². The topological polar surface area (TPSA) is 81.7 Å². The van der Waals surface area contributed by atoms with Gasteiger partial charge in [0.25, 0.3) is 0 Å². The Labute approximate surface area is 127 Å². The minimum Gasteiger partial charge on any atom is -0.481 e. The van der Waals surface area contributed by atoms with Crippen molar-refractivity contribution in [2.24, 2.45) is 10.8 Å². The van der Waals surface area contributed by atoms with Gasteiger partial charge in [0.05, 0.1) is 6.42 Å². The molecule has 2 amide bonds. The molecule has 0 aromatic carbocycles. The summed E-state index contributed by atoms with van der Waals surface area (Å²) < 4.78 is 0. The predicted molar refractivity (Wildman–Crippen MR) is 82.3 cm³/mol. The number of rotatable bonds is 8. The second-order valence-corrected chi connectivity index (χ2v) is 7.36. The van der Waals surface area contributed by atoms with Crippen molar-refractivity contribution in [3.05, 3.63) is 0 Å². The number of urea groups is 1. The Bertz CT molecular complexity index is 376. The van der Waals surface area contributed by atoms with Crippen molar-refractivity contribution in [2.75, 3.05) is 33.7 Å². The summed E-state index contributed by atoms with van der Waals surface area (Å²) in [4.78, 5) is 24.8. The second-order valence-electron chi connectivity index (χ2n) is 7.36. The Morgan fingerprint density at radius 1 is 1.24 bits per heavy atom. The zero-order chi connectivity index (χ0) is 16.1. The lowest BCUT2D eigenvalue weighted by atomic mass is 9.66. The van der Waals surface area contributed by atoms with Gasteiger partial charge in [0, 0.05) is 19.6 Å². The Balaban J connectivity index is 2.32. The first-order valence-electron chi connectivity index (χ1n) is 7.52. The normalized spacial score (nSPS) is 17.2. The SMILES string of the molecule is CN(C)CC(C)(C)CNC(=O)NCC1(CC(=O)O)CCC1. The van der Waals surface area contributed by atoms with Crippen molar-refractivity contribution in [3.8, 4) is 0 Å². The first kappa shape index (κ1) is 17.8. The molecular weight excluding hydrogens is 270 g/mol. The van der Waals surface area contributed by atoms with E-state index in [0.29, 0.717) is 13.1 Å². The lowest BCUT2D eigenvalue weighted by Gasteiger charge is -2.40. The highest BCUT2D eigenvalue weighted by molar-refractivity contribution is 5.74. The van der Waals surface area contributed by atoms with Gasteiger partial charge in [-0.05, 0) is 37.8 Å². The molecule has 3 N–H and O–H groups in total. The summed E-state index contributed by atoms with van der Waals surface area (Å²) in [7, 11) is 4.02. The number of carbonyl (C=O) groups excluding carboxylic acids is 1. The lowest BCUT2D eigenvalue weighted by molar-refractivity contribution is -0.141. The number of nitrogens with one attached hydrogen (secondary N) is 2. The van der Waals surface area contributed by atoms with Crippen molar-refractivity contribution >= 4 is 12.0 Å². The zero-order valence-electron chi connectivity index (χ0n) is 13.7. The van der Waals surface area contributed by atoms with Crippen molar-refractivity contribution in [2.45, 2.75) is 39.5 Å². The van der Waals surface area contributed by atoms with Crippen LogP contribution in [0.25, 0.3) is 0 Å². The van der Waals surface area contributed by atoms with Gasteiger partial charge in [0.2, 0.25) is 0 Å². The van der Waals surface area contributed by atoms with Crippen LogP contribution in [-0.4, -0.2) is 55.7 Å². The van der Waals surface area contributed by atoms with Crippen molar-refractivity contribution in [1.82, 2.24) is 15.5 Å². The van der Waals surface area contributed by atoms with Gasteiger partial charge in [0.15, 0.2) is 0 Å². The number of hydrogen-bond acceptors (Lipinski definition) is 3. The van der Waals surface area contributed by atoms with E-state index in [1.165, 1.54) is 0 Å². The van der Waals surface area contributed by atoms with Crippen LogP contribution in [0, 0.1) is 10.8 Å². The summed E-state index contributed by atoms with van der Waals surface area (Å²) in [6.07, 6.45) is 2.95. The molecule has 1 aliphatic rings. The van der Waals surface area contributed by atoms with E-state index in [1.54, 1.807) is 0 Å². The van der Waals surface area contributed by atoms with Gasteiger partial charge in [0.1, 0.15) is 0 Å². The van der Waals surface area contributed by atoms with Crippen LogP contribution >= 0.6 is 0 Å². The highest BCUT2D eigenvalue weighted by atomic mass is 16.4. The van der Waals surface area contributed by atoms with Crippen LogP contribution < -0.4 is 10.6 Å². The number of nitrogens with zero attached hydrogens (tertiary/aromatic N) is 1. The third kappa shape index (κ3) is 6.33. The molecule has 0 aromatic rings. The molecule has 0 bridgehead atoms. The van der Waals surface area contributed by atoms with Gasteiger partial charge in [-0.25, -0.2) is 4.79 Å². The fourth-order valence-corrected chi connectivity index (χ4v) is 2.98. The average Bonchev–Trinajstić information content (AvgIpc) is 2.28. The fourth-order valence-electron chi connectivity index (χ4n) is 2.98. The van der Waals surface area contributed by atoms with E-state index >= 15 is 0 Å². The van der Waals surface area contributed by atoms with Crippen LogP contribution in [0.1, 0.15) is 39.5 Å². The molecule has 0 saturated heterocycles. The van der Waals surface area contributed by atoms with Crippen LogP contribution in [0.2, 0.25) is 0 Å². The highest BCUT2D eigenvalue weighted by Crippen LogP contribution is 2.43. The number of aliphatic carboxylic acids is 1. The molecule has 1 saturated carbocycles. The molecule has 1 fully saturated rings. The monoisotopic (exact) mass is 299 g/mol. The molecule has 0 heterocycles. The van der Waals surface area contributed by atoms with Gasteiger partial charge >= 0.3 is 12.0 Å². The van der Waals surface area contributed by atoms with Crippen LogP contribution in [0.3, 0.4) is 0 Å². The third-order valence-electron chi connectivity index (χ3n) is 4.04. The second kappa shape index (κ2) is 7.11. The average molecular weight is 299 g/mol. The van der Waals surface area contributed by atoms with Crippen LogP contribution in [0.5, 0.6) is 0 Å². The maximum Gasteiger partial charge on any atom is 0.314 e. The van der Waals surface area contributed by atoms with Gasteiger partial charge in [-0.2, -0.15) is 0 Å². The molecule has 1 aliphatic carbocycles. The minimum atomic E-state index is -0.788. The summed E-state index contributed by atoms with van der Waals surface area (Å²) in [5, 5.41) is 14.6. The van der Waals surface area contributed by atoms with Crippen molar-refractivity contribution in [1.29, 1.82) is 0 Å². The molecule has 6 nitrogen and oxygen atoms in total. The van der Waals surface area contributed by atoms with Gasteiger partial charge < -0.3 is 20.6 Å². The molecule has 0 radical (unpaired) electrons. The maximum absolute atomic E-state index is 11.9. The van der Waals surface area contributed by atoms with E-state index in [1.807, 2.05) is 14.1 Å².